The first-order chi connectivity index (χ1) is 12.5. The molecule has 3 amide bonds. The lowest BCUT2D eigenvalue weighted by molar-refractivity contribution is -0.119. The van der Waals surface area contributed by atoms with Crippen LogP contribution in [0.5, 0.6) is 0 Å². The first-order valence-corrected chi connectivity index (χ1v) is 8.89. The van der Waals surface area contributed by atoms with E-state index in [9.17, 15) is 14.4 Å². The van der Waals surface area contributed by atoms with Crippen molar-refractivity contribution in [3.63, 3.8) is 0 Å². The summed E-state index contributed by atoms with van der Waals surface area (Å²) in [5, 5.41) is 2.78. The molecule has 1 heterocycles. The van der Waals surface area contributed by atoms with E-state index in [1.165, 1.54) is 5.56 Å². The zero-order valence-electron chi connectivity index (χ0n) is 15.0. The third-order valence-electron chi connectivity index (χ3n) is 4.63. The van der Waals surface area contributed by atoms with Crippen LogP contribution in [0.25, 0.3) is 0 Å². The minimum Gasteiger partial charge on any atom is -0.324 e. The molecule has 1 aliphatic rings. The lowest BCUT2D eigenvalue weighted by atomic mass is 10.1. The van der Waals surface area contributed by atoms with Crippen LogP contribution in [0.2, 0.25) is 0 Å². The molecule has 2 aromatic carbocycles. The molecule has 0 saturated carbocycles. The molecule has 1 aliphatic heterocycles. The molecule has 1 N–H and O–H groups in total. The summed E-state index contributed by atoms with van der Waals surface area (Å²) in [5.74, 6) is -1.24. The Labute approximate surface area is 153 Å². The number of anilines is 1. The number of amides is 3. The second-order valence-corrected chi connectivity index (χ2v) is 6.49. The van der Waals surface area contributed by atoms with Gasteiger partial charge in [-0.15, -0.1) is 0 Å². The molecule has 2 aromatic rings. The number of hydrogen-bond acceptors (Lipinski definition) is 3. The minimum absolute atomic E-state index is 0.345. The van der Waals surface area contributed by atoms with Gasteiger partial charge in [-0.2, -0.15) is 0 Å². The monoisotopic (exact) mass is 350 g/mol. The van der Waals surface area contributed by atoms with Gasteiger partial charge in [0.15, 0.2) is 0 Å². The van der Waals surface area contributed by atoms with Gasteiger partial charge < -0.3 is 5.32 Å². The van der Waals surface area contributed by atoms with Gasteiger partial charge in [0.1, 0.15) is 6.04 Å². The van der Waals surface area contributed by atoms with Crippen LogP contribution in [0, 0.1) is 0 Å². The van der Waals surface area contributed by atoms with E-state index in [0.29, 0.717) is 16.8 Å². The molecule has 0 spiro atoms. The van der Waals surface area contributed by atoms with Gasteiger partial charge in [-0.25, -0.2) is 0 Å². The summed E-state index contributed by atoms with van der Waals surface area (Å²) in [6.07, 6.45) is 3.27. The number of aryl methyl sites for hydroxylation is 1. The fraction of sp³-hybridized carbons (Fsp3) is 0.286. The van der Waals surface area contributed by atoms with Crippen LogP contribution in [-0.4, -0.2) is 28.7 Å². The van der Waals surface area contributed by atoms with E-state index in [4.69, 9.17) is 0 Å². The number of fused-ring (bicyclic) bond motifs is 1. The molecule has 0 aliphatic carbocycles. The lowest BCUT2D eigenvalue weighted by Gasteiger charge is -2.21. The van der Waals surface area contributed by atoms with Gasteiger partial charge >= 0.3 is 0 Å². The highest BCUT2D eigenvalue weighted by atomic mass is 16.2. The molecule has 1 atom stereocenters. The number of unbranched alkanes of at least 4 members (excludes halogenated alkanes) is 1. The zero-order valence-corrected chi connectivity index (χ0v) is 15.0. The molecule has 0 saturated heterocycles. The number of nitrogens with zero attached hydrogens (tertiary/aromatic N) is 1. The van der Waals surface area contributed by atoms with Gasteiger partial charge in [0, 0.05) is 5.69 Å². The summed E-state index contributed by atoms with van der Waals surface area (Å²) in [4.78, 5) is 38.5. The summed E-state index contributed by atoms with van der Waals surface area (Å²) >= 11 is 0. The third-order valence-corrected chi connectivity index (χ3v) is 4.63. The maximum absolute atomic E-state index is 12.5. The summed E-state index contributed by atoms with van der Waals surface area (Å²) in [7, 11) is 0. The van der Waals surface area contributed by atoms with Crippen molar-refractivity contribution in [3.8, 4) is 0 Å². The number of carbonyl (C=O) groups excluding carboxylic acids is 3. The molecule has 0 aromatic heterocycles. The van der Waals surface area contributed by atoms with Gasteiger partial charge in [0.25, 0.3) is 11.8 Å². The molecular formula is C21H22N2O3. The van der Waals surface area contributed by atoms with Crippen LogP contribution >= 0.6 is 0 Å². The first-order valence-electron chi connectivity index (χ1n) is 8.89. The maximum atomic E-state index is 12.5. The molecule has 0 bridgehead atoms. The molecule has 0 radical (unpaired) electrons. The standard InChI is InChI=1S/C21H22N2O3/c1-3-4-7-15-10-12-16(13-11-15)22-19(24)14(2)23-20(25)17-8-5-6-9-18(17)21(23)26/h5-6,8-14H,3-4,7H2,1-2H3,(H,22,24)/t14-/m0/s1. The average Bonchev–Trinajstić information content (AvgIpc) is 2.91. The number of hydrogen-bond donors (Lipinski definition) is 1. The van der Waals surface area contributed by atoms with Crippen LogP contribution in [0.4, 0.5) is 5.69 Å². The van der Waals surface area contributed by atoms with Crippen LogP contribution in [0.15, 0.2) is 48.5 Å². The first kappa shape index (κ1) is 17.9. The van der Waals surface area contributed by atoms with Gasteiger partial charge in [0.2, 0.25) is 5.91 Å². The van der Waals surface area contributed by atoms with Crippen molar-refractivity contribution < 1.29 is 14.4 Å². The fourth-order valence-electron chi connectivity index (χ4n) is 3.06. The molecule has 3 rings (SSSR count). The number of rotatable bonds is 6. The van der Waals surface area contributed by atoms with Crippen LogP contribution in [0.3, 0.4) is 0 Å². The van der Waals surface area contributed by atoms with Crippen molar-refractivity contribution in [1.29, 1.82) is 0 Å². The van der Waals surface area contributed by atoms with Crippen molar-refractivity contribution in [2.45, 2.75) is 39.2 Å². The second-order valence-electron chi connectivity index (χ2n) is 6.49. The van der Waals surface area contributed by atoms with Crippen LogP contribution in [-0.2, 0) is 11.2 Å². The number of imide groups is 1. The van der Waals surface area contributed by atoms with E-state index in [1.54, 1.807) is 31.2 Å². The Morgan fingerprint density at radius 3 is 2.12 bits per heavy atom. The Balaban J connectivity index is 1.69. The van der Waals surface area contributed by atoms with Gasteiger partial charge in [0.05, 0.1) is 11.1 Å². The molecule has 26 heavy (non-hydrogen) atoms. The summed E-state index contributed by atoms with van der Waals surface area (Å²) in [6.45, 7) is 3.71. The van der Waals surface area contributed by atoms with Crippen LogP contribution in [0.1, 0.15) is 53.0 Å². The van der Waals surface area contributed by atoms with Gasteiger partial charge in [-0.05, 0) is 49.6 Å². The van der Waals surface area contributed by atoms with Crippen molar-refractivity contribution in [1.82, 2.24) is 4.90 Å². The molecule has 134 valence electrons. The smallest absolute Gasteiger partial charge is 0.262 e. The number of carbonyl (C=O) groups is 3. The highest BCUT2D eigenvalue weighted by Crippen LogP contribution is 2.25. The van der Waals surface area contributed by atoms with E-state index < -0.39 is 17.9 Å². The highest BCUT2D eigenvalue weighted by molar-refractivity contribution is 6.23. The van der Waals surface area contributed by atoms with E-state index in [2.05, 4.69) is 12.2 Å². The lowest BCUT2D eigenvalue weighted by Crippen LogP contribution is -2.45. The second kappa shape index (κ2) is 7.52. The fourth-order valence-corrected chi connectivity index (χ4v) is 3.06. The van der Waals surface area contributed by atoms with Crippen LogP contribution < -0.4 is 5.32 Å². The SMILES string of the molecule is CCCCc1ccc(NC(=O)[C@H](C)N2C(=O)c3ccccc3C2=O)cc1. The Morgan fingerprint density at radius 1 is 1.00 bits per heavy atom. The highest BCUT2D eigenvalue weighted by Gasteiger charge is 2.40. The summed E-state index contributed by atoms with van der Waals surface area (Å²) in [6, 6.07) is 13.4. The number of benzene rings is 2. The average molecular weight is 350 g/mol. The molecule has 0 fully saturated rings. The van der Waals surface area contributed by atoms with Gasteiger partial charge in [-0.3, -0.25) is 19.3 Å². The predicted octanol–water partition coefficient (Wildman–Crippen LogP) is 3.65. The Hall–Kier alpha value is -2.95. The topological polar surface area (TPSA) is 66.5 Å². The number of nitrogens with one attached hydrogen (secondary N) is 1. The van der Waals surface area contributed by atoms with E-state index >= 15 is 0 Å². The quantitative estimate of drug-likeness (QED) is 0.809. The zero-order chi connectivity index (χ0) is 18.7. The van der Waals surface area contributed by atoms with E-state index in [-0.39, 0.29) is 5.91 Å². The van der Waals surface area contributed by atoms with Crippen molar-refractivity contribution >= 4 is 23.4 Å². The summed E-state index contributed by atoms with van der Waals surface area (Å²) in [5.41, 5.74) is 2.56. The Morgan fingerprint density at radius 2 is 1.58 bits per heavy atom. The third kappa shape index (κ3) is 3.38. The van der Waals surface area contributed by atoms with E-state index in [1.807, 2.05) is 24.3 Å². The largest absolute Gasteiger partial charge is 0.324 e. The van der Waals surface area contributed by atoms with Crippen molar-refractivity contribution in [3.05, 3.63) is 65.2 Å². The normalized spacial score (nSPS) is 14.3. The van der Waals surface area contributed by atoms with Gasteiger partial charge in [-0.1, -0.05) is 37.6 Å². The molecule has 5 heteroatoms. The Bertz CT molecular complexity index is 808. The minimum atomic E-state index is -0.887. The van der Waals surface area contributed by atoms with Crippen molar-refractivity contribution in [2.24, 2.45) is 0 Å². The molecule has 0 unspecified atom stereocenters. The Kier molecular flexibility index (Phi) is 5.16. The predicted molar refractivity (Wildman–Crippen MR) is 100 cm³/mol. The van der Waals surface area contributed by atoms with Crippen molar-refractivity contribution in [2.75, 3.05) is 5.32 Å². The summed E-state index contributed by atoms with van der Waals surface area (Å²) < 4.78 is 0. The molecule has 5 nitrogen and oxygen atoms in total. The van der Waals surface area contributed by atoms with E-state index in [0.717, 1.165) is 24.2 Å². The maximum Gasteiger partial charge on any atom is 0.262 e. The molecular weight excluding hydrogens is 328 g/mol.